The first-order valence-electron chi connectivity index (χ1n) is 18.0. The van der Waals surface area contributed by atoms with Gasteiger partial charge in [-0.25, -0.2) is 0 Å². The molecule has 4 saturated carbocycles. The van der Waals surface area contributed by atoms with Gasteiger partial charge in [-0.05, 0) is 123 Å². The van der Waals surface area contributed by atoms with Crippen molar-refractivity contribution in [2.75, 3.05) is 13.1 Å². The second-order valence-corrected chi connectivity index (χ2v) is 17.2. The van der Waals surface area contributed by atoms with Crippen molar-refractivity contribution in [2.45, 2.75) is 145 Å². The summed E-state index contributed by atoms with van der Waals surface area (Å²) in [4.78, 5) is 26.3. The van der Waals surface area contributed by atoms with Gasteiger partial charge in [-0.1, -0.05) is 73.0 Å². The zero-order chi connectivity index (χ0) is 31.4. The number of ether oxygens (including phenoxy) is 1. The number of amides is 1. The zero-order valence-electron chi connectivity index (χ0n) is 29.0. The van der Waals surface area contributed by atoms with Crippen LogP contribution in [0, 0.1) is 56.7 Å². The van der Waals surface area contributed by atoms with Gasteiger partial charge in [0.05, 0.1) is 5.41 Å². The van der Waals surface area contributed by atoms with E-state index in [4.69, 9.17) is 10.5 Å². The van der Waals surface area contributed by atoms with Crippen LogP contribution in [0.15, 0.2) is 11.6 Å². The number of nitrogens with two attached hydrogens (primary N) is 1. The summed E-state index contributed by atoms with van der Waals surface area (Å²) in [6.07, 6.45) is 17.1. The summed E-state index contributed by atoms with van der Waals surface area (Å²) < 4.78 is 5.94. The number of esters is 1. The number of rotatable bonds is 8. The Balaban J connectivity index is 1.45. The fraction of sp³-hybridized carbons (Fsp3) is 0.895. The maximum absolute atomic E-state index is 14.3. The van der Waals surface area contributed by atoms with E-state index < -0.39 is 0 Å². The SMILES string of the molecule is CC(=O)O[C@H]1CC[C@]2(C)[C@H]3CC=C4[C@@H]5[C@@H](C)[C@H](C)CC[C@]5(C(=O)NCCCCCCN)CC[C@@]4(C)[C@]3(C)CC[C@H]2C1(C)C. The van der Waals surface area contributed by atoms with Gasteiger partial charge in [0, 0.05) is 18.9 Å². The first kappa shape index (κ1) is 33.0. The molecule has 0 bridgehead atoms. The topological polar surface area (TPSA) is 81.4 Å². The minimum absolute atomic E-state index is 0.0109. The van der Waals surface area contributed by atoms with Crippen LogP contribution in [-0.2, 0) is 14.3 Å². The van der Waals surface area contributed by atoms with Crippen molar-refractivity contribution in [3.05, 3.63) is 11.6 Å². The van der Waals surface area contributed by atoms with Gasteiger partial charge in [0.25, 0.3) is 0 Å². The van der Waals surface area contributed by atoms with Crippen LogP contribution in [0.3, 0.4) is 0 Å². The molecule has 244 valence electrons. The van der Waals surface area contributed by atoms with E-state index in [1.807, 2.05) is 0 Å². The average Bonchev–Trinajstić information content (AvgIpc) is 2.94. The van der Waals surface area contributed by atoms with Crippen molar-refractivity contribution < 1.29 is 14.3 Å². The maximum Gasteiger partial charge on any atom is 0.302 e. The molecule has 10 atom stereocenters. The van der Waals surface area contributed by atoms with Crippen LogP contribution in [0.5, 0.6) is 0 Å². The molecule has 0 aromatic heterocycles. The summed E-state index contributed by atoms with van der Waals surface area (Å²) in [5, 5.41) is 3.47. The Morgan fingerprint density at radius 1 is 0.907 bits per heavy atom. The van der Waals surface area contributed by atoms with E-state index in [-0.39, 0.29) is 39.1 Å². The number of allylic oxidation sites excluding steroid dienone is 2. The van der Waals surface area contributed by atoms with Crippen LogP contribution in [-0.4, -0.2) is 31.1 Å². The molecule has 0 spiro atoms. The highest BCUT2D eigenvalue weighted by molar-refractivity contribution is 5.84. The Kier molecular flexibility index (Phi) is 9.04. The molecule has 0 heterocycles. The Hall–Kier alpha value is -1.36. The Labute approximate surface area is 263 Å². The molecule has 0 saturated heterocycles. The van der Waals surface area contributed by atoms with Crippen molar-refractivity contribution in [1.82, 2.24) is 5.32 Å². The highest BCUT2D eigenvalue weighted by atomic mass is 16.5. The number of fused-ring (bicyclic) bond motifs is 7. The summed E-state index contributed by atoms with van der Waals surface area (Å²) in [7, 11) is 0. The molecule has 0 aromatic rings. The average molecular weight is 597 g/mol. The summed E-state index contributed by atoms with van der Waals surface area (Å²) in [5.41, 5.74) is 7.58. The minimum Gasteiger partial charge on any atom is -0.462 e. The largest absolute Gasteiger partial charge is 0.462 e. The third kappa shape index (κ3) is 5.05. The molecule has 0 aliphatic heterocycles. The van der Waals surface area contributed by atoms with Crippen LogP contribution in [0.2, 0.25) is 0 Å². The van der Waals surface area contributed by atoms with Crippen molar-refractivity contribution in [3.63, 3.8) is 0 Å². The van der Waals surface area contributed by atoms with E-state index in [2.05, 4.69) is 59.9 Å². The van der Waals surface area contributed by atoms with E-state index in [0.717, 1.165) is 83.7 Å². The lowest BCUT2D eigenvalue weighted by atomic mass is 9.33. The molecule has 43 heavy (non-hydrogen) atoms. The first-order chi connectivity index (χ1) is 20.2. The van der Waals surface area contributed by atoms with Crippen molar-refractivity contribution in [2.24, 2.45) is 62.4 Å². The number of hydrogen-bond donors (Lipinski definition) is 2. The number of unbranched alkanes of at least 4 members (excludes halogenated alkanes) is 3. The summed E-state index contributed by atoms with van der Waals surface area (Å²) in [6, 6.07) is 0. The third-order valence-electron chi connectivity index (χ3n) is 15.1. The van der Waals surface area contributed by atoms with Gasteiger partial charge in [-0.15, -0.1) is 0 Å². The number of carbonyl (C=O) groups excluding carboxylic acids is 2. The van der Waals surface area contributed by atoms with E-state index in [9.17, 15) is 9.59 Å². The second kappa shape index (κ2) is 11.8. The zero-order valence-corrected chi connectivity index (χ0v) is 29.0. The lowest BCUT2D eigenvalue weighted by Gasteiger charge is -2.71. The molecule has 5 nitrogen and oxygen atoms in total. The van der Waals surface area contributed by atoms with Gasteiger partial charge < -0.3 is 15.8 Å². The lowest BCUT2D eigenvalue weighted by Crippen LogP contribution is -2.66. The fourth-order valence-electron chi connectivity index (χ4n) is 12.3. The van der Waals surface area contributed by atoms with Gasteiger partial charge in [-0.3, -0.25) is 9.59 Å². The smallest absolute Gasteiger partial charge is 0.302 e. The molecule has 3 N–H and O–H groups in total. The quantitative estimate of drug-likeness (QED) is 0.168. The van der Waals surface area contributed by atoms with Gasteiger partial charge in [0.1, 0.15) is 6.10 Å². The second-order valence-electron chi connectivity index (χ2n) is 17.2. The maximum atomic E-state index is 14.3. The molecule has 5 heteroatoms. The number of hydrogen-bond acceptors (Lipinski definition) is 4. The molecule has 1 amide bonds. The highest BCUT2D eigenvalue weighted by Gasteiger charge is 2.69. The fourth-order valence-corrected chi connectivity index (χ4v) is 12.3. The van der Waals surface area contributed by atoms with Gasteiger partial charge in [-0.2, -0.15) is 0 Å². The molecule has 5 aliphatic rings. The first-order valence-corrected chi connectivity index (χ1v) is 18.0. The summed E-state index contributed by atoms with van der Waals surface area (Å²) in [6.45, 7) is 20.6. The van der Waals surface area contributed by atoms with Crippen LogP contribution in [0.1, 0.15) is 139 Å². The van der Waals surface area contributed by atoms with Crippen molar-refractivity contribution in [1.29, 1.82) is 0 Å². The molecule has 0 unspecified atom stereocenters. The number of carbonyl (C=O) groups is 2. The Morgan fingerprint density at radius 3 is 2.33 bits per heavy atom. The van der Waals surface area contributed by atoms with E-state index >= 15 is 0 Å². The van der Waals surface area contributed by atoms with Crippen LogP contribution >= 0.6 is 0 Å². The molecular weight excluding hydrogens is 532 g/mol. The van der Waals surface area contributed by atoms with Crippen LogP contribution in [0.25, 0.3) is 0 Å². The van der Waals surface area contributed by atoms with E-state index in [0.29, 0.717) is 35.5 Å². The van der Waals surface area contributed by atoms with E-state index in [1.165, 1.54) is 12.8 Å². The lowest BCUT2D eigenvalue weighted by molar-refractivity contribution is -0.212. The van der Waals surface area contributed by atoms with Crippen LogP contribution in [0.4, 0.5) is 0 Å². The Bertz CT molecular complexity index is 1100. The number of nitrogens with one attached hydrogen (secondary N) is 1. The van der Waals surface area contributed by atoms with Crippen molar-refractivity contribution >= 4 is 11.9 Å². The highest BCUT2D eigenvalue weighted by Crippen LogP contribution is 2.75. The third-order valence-corrected chi connectivity index (χ3v) is 15.1. The van der Waals surface area contributed by atoms with Crippen molar-refractivity contribution in [3.8, 4) is 0 Å². The predicted molar refractivity (Wildman–Crippen MR) is 175 cm³/mol. The van der Waals surface area contributed by atoms with E-state index in [1.54, 1.807) is 12.5 Å². The standard InChI is InChI=1S/C38H64N2O3/c1-25-15-20-38(33(42)40-24-12-10-9-11-23-39)22-21-36(7)28(32(38)26(25)2)13-14-30-35(6)18-17-31(43-27(3)41)34(4,5)29(35)16-19-37(30,36)8/h13,25-26,29-32H,9-12,14-24,39H2,1-8H3,(H,40,42)/t25-,26+,29+,30-,31+,32+,35+,36-,37-,38+/m1/s1. The van der Waals surface area contributed by atoms with Gasteiger partial charge in [0.2, 0.25) is 5.91 Å². The monoisotopic (exact) mass is 596 g/mol. The summed E-state index contributed by atoms with van der Waals surface area (Å²) >= 11 is 0. The summed E-state index contributed by atoms with van der Waals surface area (Å²) in [5.74, 6) is 2.84. The molecule has 5 rings (SSSR count). The Morgan fingerprint density at radius 2 is 1.63 bits per heavy atom. The van der Waals surface area contributed by atoms with Gasteiger partial charge >= 0.3 is 5.97 Å². The van der Waals surface area contributed by atoms with Gasteiger partial charge in [0.15, 0.2) is 0 Å². The predicted octanol–water partition coefficient (Wildman–Crippen LogP) is 8.21. The molecule has 0 radical (unpaired) electrons. The minimum atomic E-state index is -0.261. The molecule has 5 aliphatic carbocycles. The molecule has 0 aromatic carbocycles. The molecular formula is C38H64N2O3. The van der Waals surface area contributed by atoms with Crippen LogP contribution < -0.4 is 11.1 Å². The normalized spacial score (nSPS) is 45.0. The molecule has 4 fully saturated rings.